The predicted molar refractivity (Wildman–Crippen MR) is 125 cm³/mol. The molecule has 1 aliphatic heterocycles. The minimum atomic E-state index is -1.03. The van der Waals surface area contributed by atoms with Crippen molar-refractivity contribution in [1.29, 1.82) is 0 Å². The van der Waals surface area contributed by atoms with Gasteiger partial charge in [0.05, 0.1) is 12.0 Å². The highest BCUT2D eigenvalue weighted by atomic mass is 16.5. The van der Waals surface area contributed by atoms with Gasteiger partial charge < -0.3 is 24.8 Å². The molecule has 0 saturated carbocycles. The van der Waals surface area contributed by atoms with E-state index in [0.717, 1.165) is 22.3 Å². The van der Waals surface area contributed by atoms with Crippen LogP contribution < -0.4 is 5.32 Å². The normalized spacial score (nSPS) is 22.1. The molecule has 1 heterocycles. The van der Waals surface area contributed by atoms with E-state index >= 15 is 0 Å². The third kappa shape index (κ3) is 4.25. The van der Waals surface area contributed by atoms with Crippen LogP contribution in [0, 0.1) is 11.3 Å². The lowest BCUT2D eigenvalue weighted by atomic mass is 9.81. The first-order valence-corrected chi connectivity index (χ1v) is 11.4. The van der Waals surface area contributed by atoms with Crippen molar-refractivity contribution in [3.8, 4) is 11.1 Å². The Morgan fingerprint density at radius 3 is 2.24 bits per heavy atom. The van der Waals surface area contributed by atoms with E-state index in [1.54, 1.807) is 6.92 Å². The van der Waals surface area contributed by atoms with Crippen molar-refractivity contribution in [3.05, 3.63) is 59.7 Å². The van der Waals surface area contributed by atoms with Crippen LogP contribution >= 0.6 is 0 Å². The molecule has 34 heavy (non-hydrogen) atoms. The van der Waals surface area contributed by atoms with Gasteiger partial charge in [-0.25, -0.2) is 4.79 Å². The molecule has 2 aliphatic rings. The van der Waals surface area contributed by atoms with Crippen molar-refractivity contribution >= 4 is 18.0 Å². The second-order valence-corrected chi connectivity index (χ2v) is 9.32. The first-order valence-electron chi connectivity index (χ1n) is 11.4. The Hall–Kier alpha value is -3.39. The van der Waals surface area contributed by atoms with Crippen molar-refractivity contribution in [2.45, 2.75) is 25.8 Å². The number of fused-ring (bicyclic) bond motifs is 3. The lowest BCUT2D eigenvalue weighted by Crippen LogP contribution is -2.51. The average Bonchev–Trinajstić information content (AvgIpc) is 3.32. The molecule has 2 N–H and O–H groups in total. The summed E-state index contributed by atoms with van der Waals surface area (Å²) in [5.41, 5.74) is 3.42. The van der Waals surface area contributed by atoms with E-state index < -0.39 is 23.5 Å². The van der Waals surface area contributed by atoms with Crippen LogP contribution in [0.25, 0.3) is 11.1 Å². The second-order valence-electron chi connectivity index (χ2n) is 9.32. The molecule has 0 aromatic heterocycles. The van der Waals surface area contributed by atoms with Crippen LogP contribution in [-0.4, -0.2) is 67.4 Å². The summed E-state index contributed by atoms with van der Waals surface area (Å²) in [6.45, 7) is 3.91. The number of nitrogens with one attached hydrogen (secondary N) is 1. The topological polar surface area (TPSA) is 105 Å². The molecule has 8 nitrogen and oxygen atoms in total. The van der Waals surface area contributed by atoms with Gasteiger partial charge in [-0.05, 0) is 35.1 Å². The molecular weight excluding hydrogens is 436 g/mol. The zero-order chi connectivity index (χ0) is 24.5. The third-order valence-electron chi connectivity index (χ3n) is 7.17. The highest BCUT2D eigenvalue weighted by Gasteiger charge is 2.48. The molecule has 180 valence electrons. The molecule has 0 spiro atoms. The highest BCUT2D eigenvalue weighted by Crippen LogP contribution is 2.44. The van der Waals surface area contributed by atoms with E-state index in [1.807, 2.05) is 43.3 Å². The van der Waals surface area contributed by atoms with Gasteiger partial charge >= 0.3 is 12.1 Å². The maximum absolute atomic E-state index is 13.1. The maximum Gasteiger partial charge on any atom is 0.407 e. The third-order valence-corrected chi connectivity index (χ3v) is 7.17. The molecule has 8 heteroatoms. The number of alkyl carbamates (subject to hydrolysis) is 1. The van der Waals surface area contributed by atoms with Crippen LogP contribution in [-0.2, 0) is 19.1 Å². The van der Waals surface area contributed by atoms with Crippen molar-refractivity contribution in [3.63, 3.8) is 0 Å². The summed E-state index contributed by atoms with van der Waals surface area (Å²) in [7, 11) is 1.44. The van der Waals surface area contributed by atoms with E-state index in [9.17, 15) is 19.5 Å². The molecular formula is C26H30N2O6. The summed E-state index contributed by atoms with van der Waals surface area (Å²) in [4.78, 5) is 39.0. The summed E-state index contributed by atoms with van der Waals surface area (Å²) in [5.74, 6) is -1.63. The molecule has 1 aliphatic carbocycles. The first kappa shape index (κ1) is 23.8. The number of carbonyl (C=O) groups excluding carboxylic acids is 2. The molecule has 1 fully saturated rings. The molecule has 2 aromatic carbocycles. The van der Waals surface area contributed by atoms with Crippen LogP contribution in [0.1, 0.15) is 30.9 Å². The van der Waals surface area contributed by atoms with Crippen molar-refractivity contribution in [2.75, 3.05) is 33.4 Å². The smallest absolute Gasteiger partial charge is 0.407 e. The van der Waals surface area contributed by atoms with E-state index in [-0.39, 0.29) is 37.5 Å². The number of ether oxygens (including phenoxy) is 2. The van der Waals surface area contributed by atoms with Crippen molar-refractivity contribution < 1.29 is 29.0 Å². The second kappa shape index (κ2) is 9.46. The Balaban J connectivity index is 1.41. The Morgan fingerprint density at radius 2 is 1.71 bits per heavy atom. The number of rotatable bonds is 7. The maximum atomic E-state index is 13.1. The number of aliphatic carboxylic acids is 1. The van der Waals surface area contributed by atoms with E-state index in [4.69, 9.17) is 9.47 Å². The highest BCUT2D eigenvalue weighted by molar-refractivity contribution is 5.87. The molecule has 2 amide bonds. The SMILES string of the molecule is COC[C@H](NC(=O)OCC1c2ccccc2-c2ccccc21)C(=O)N1C[C@@H](C)[C@](C)(C(=O)O)C1. The first-order chi connectivity index (χ1) is 16.3. The van der Waals surface area contributed by atoms with Gasteiger partial charge in [0.1, 0.15) is 12.6 Å². The zero-order valence-corrected chi connectivity index (χ0v) is 19.6. The Morgan fingerprint density at radius 1 is 1.12 bits per heavy atom. The van der Waals surface area contributed by atoms with Gasteiger partial charge in [0.15, 0.2) is 0 Å². The summed E-state index contributed by atoms with van der Waals surface area (Å²) in [5, 5.41) is 12.2. The summed E-state index contributed by atoms with van der Waals surface area (Å²) >= 11 is 0. The van der Waals surface area contributed by atoms with Crippen LogP contribution in [0.3, 0.4) is 0 Å². The monoisotopic (exact) mass is 466 g/mol. The molecule has 2 aromatic rings. The number of carboxylic acid groups (broad SMARTS) is 1. The fourth-order valence-electron chi connectivity index (χ4n) is 4.94. The van der Waals surface area contributed by atoms with Crippen LogP contribution in [0.5, 0.6) is 0 Å². The van der Waals surface area contributed by atoms with Gasteiger partial charge in [-0.1, -0.05) is 55.5 Å². The Labute approximate surface area is 198 Å². The lowest BCUT2D eigenvalue weighted by Gasteiger charge is -2.25. The average molecular weight is 467 g/mol. The van der Waals surface area contributed by atoms with Crippen LogP contribution in [0.2, 0.25) is 0 Å². The van der Waals surface area contributed by atoms with Gasteiger partial charge in [-0.2, -0.15) is 0 Å². The van der Waals surface area contributed by atoms with E-state index in [1.165, 1.54) is 12.0 Å². The molecule has 1 saturated heterocycles. The minimum absolute atomic E-state index is 0.0440. The van der Waals surface area contributed by atoms with Gasteiger partial charge in [0.2, 0.25) is 5.91 Å². The Bertz CT molecular complexity index is 1060. The number of nitrogens with zero attached hydrogens (tertiary/aromatic N) is 1. The summed E-state index contributed by atoms with van der Waals surface area (Å²) in [6, 6.07) is 15.1. The number of benzene rings is 2. The van der Waals surface area contributed by atoms with Gasteiger partial charge in [-0.3, -0.25) is 9.59 Å². The van der Waals surface area contributed by atoms with Crippen LogP contribution in [0.15, 0.2) is 48.5 Å². The molecule has 0 bridgehead atoms. The lowest BCUT2D eigenvalue weighted by molar-refractivity contribution is -0.149. The number of methoxy groups -OCH3 is 1. The molecule has 0 unspecified atom stereocenters. The molecule has 4 rings (SSSR count). The zero-order valence-electron chi connectivity index (χ0n) is 19.6. The number of amides is 2. The summed E-state index contributed by atoms with van der Waals surface area (Å²) < 4.78 is 10.7. The quantitative estimate of drug-likeness (QED) is 0.650. The van der Waals surface area contributed by atoms with Gasteiger partial charge in [0, 0.05) is 26.1 Å². The number of carboxylic acids is 1. The fraction of sp³-hybridized carbons (Fsp3) is 0.423. The number of hydrogen-bond donors (Lipinski definition) is 2. The fourth-order valence-corrected chi connectivity index (χ4v) is 4.94. The van der Waals surface area contributed by atoms with Crippen molar-refractivity contribution in [2.24, 2.45) is 11.3 Å². The number of carbonyl (C=O) groups is 3. The predicted octanol–water partition coefficient (Wildman–Crippen LogP) is 3.11. The van der Waals surface area contributed by atoms with Gasteiger partial charge in [-0.15, -0.1) is 0 Å². The van der Waals surface area contributed by atoms with E-state index in [2.05, 4.69) is 17.4 Å². The molecule has 3 atom stereocenters. The van der Waals surface area contributed by atoms with Gasteiger partial charge in [0.25, 0.3) is 0 Å². The van der Waals surface area contributed by atoms with Crippen molar-refractivity contribution in [1.82, 2.24) is 10.2 Å². The summed E-state index contributed by atoms with van der Waals surface area (Å²) in [6.07, 6.45) is -0.717. The Kier molecular flexibility index (Phi) is 6.61. The number of likely N-dealkylation sites (tertiary alicyclic amines) is 1. The molecule has 0 radical (unpaired) electrons. The minimum Gasteiger partial charge on any atom is -0.481 e. The van der Waals surface area contributed by atoms with Crippen LogP contribution in [0.4, 0.5) is 4.79 Å². The van der Waals surface area contributed by atoms with E-state index in [0.29, 0.717) is 6.54 Å². The number of hydrogen-bond acceptors (Lipinski definition) is 5. The standard InChI is InChI=1S/C26H30N2O6/c1-16-12-28(15-26(16,2)24(30)31)23(29)22(14-33-3)27-25(32)34-13-21-19-10-6-4-8-17(19)18-9-5-7-11-20(18)21/h4-11,16,21-22H,12-15H2,1-3H3,(H,27,32)(H,30,31)/t16-,22+,26-/m1/s1. The largest absolute Gasteiger partial charge is 0.481 e.